The number of nitrogens with one attached hydrogen (secondary N) is 1. The largest absolute Gasteiger partial charge is 0.493 e. The second kappa shape index (κ2) is 4.52. The third kappa shape index (κ3) is 1.32. The zero-order valence-electron chi connectivity index (χ0n) is 14.3. The van der Waals surface area contributed by atoms with Gasteiger partial charge in [-0.15, -0.1) is 0 Å². The molecule has 1 aromatic carbocycles. The maximum absolute atomic E-state index is 12.9. The van der Waals surface area contributed by atoms with Crippen LogP contribution in [0.2, 0.25) is 0 Å². The van der Waals surface area contributed by atoms with Gasteiger partial charge in [0.2, 0.25) is 0 Å². The summed E-state index contributed by atoms with van der Waals surface area (Å²) in [5.41, 5.74) is 1.63. The molecule has 1 unspecified atom stereocenters. The summed E-state index contributed by atoms with van der Waals surface area (Å²) in [7, 11) is 3.46. The summed E-state index contributed by atoms with van der Waals surface area (Å²) in [6.45, 7) is 3.04. The molecule has 1 aromatic rings. The molecular weight excluding hydrogens is 306 g/mol. The molecule has 0 radical (unpaired) electrons. The van der Waals surface area contributed by atoms with E-state index in [0.717, 1.165) is 30.9 Å². The van der Waals surface area contributed by atoms with Crippen LogP contribution in [0.5, 0.6) is 11.5 Å². The van der Waals surface area contributed by atoms with Crippen LogP contribution in [0.15, 0.2) is 12.1 Å². The van der Waals surface area contributed by atoms with Gasteiger partial charge >= 0.3 is 0 Å². The highest BCUT2D eigenvalue weighted by Crippen LogP contribution is 2.65. The van der Waals surface area contributed by atoms with Crippen molar-refractivity contribution in [2.45, 2.75) is 49.3 Å². The van der Waals surface area contributed by atoms with Crippen LogP contribution in [-0.2, 0) is 21.4 Å². The number of piperidine rings is 1. The van der Waals surface area contributed by atoms with Crippen molar-refractivity contribution in [1.82, 2.24) is 5.32 Å². The molecule has 2 bridgehead atoms. The van der Waals surface area contributed by atoms with E-state index in [1.165, 1.54) is 11.1 Å². The Kier molecular flexibility index (Phi) is 2.78. The van der Waals surface area contributed by atoms with Crippen LogP contribution in [0.1, 0.15) is 30.9 Å². The minimum absolute atomic E-state index is 0.151. The van der Waals surface area contributed by atoms with Crippen molar-refractivity contribution < 1.29 is 19.0 Å². The molecule has 2 heterocycles. The number of hydrogen-bond acceptors (Lipinski definition) is 5. The normalized spacial score (nSPS) is 41.6. The van der Waals surface area contributed by atoms with Crippen molar-refractivity contribution in [3.63, 3.8) is 0 Å². The number of Topliss-reactive ketones (excluding diaryl/α,β-unsaturated/α-hetero) is 1. The van der Waals surface area contributed by atoms with Gasteiger partial charge in [0.15, 0.2) is 23.4 Å². The Bertz CT molecular complexity index is 747. The molecule has 0 amide bonds. The molecule has 1 saturated heterocycles. The van der Waals surface area contributed by atoms with Crippen LogP contribution >= 0.6 is 0 Å². The van der Waals surface area contributed by atoms with Gasteiger partial charge in [-0.3, -0.25) is 4.79 Å². The fourth-order valence-corrected chi connectivity index (χ4v) is 6.30. The van der Waals surface area contributed by atoms with Crippen LogP contribution in [0.3, 0.4) is 0 Å². The van der Waals surface area contributed by atoms with Gasteiger partial charge in [0.1, 0.15) is 5.60 Å². The Morgan fingerprint density at radius 2 is 2.12 bits per heavy atom. The molecule has 128 valence electrons. The van der Waals surface area contributed by atoms with Crippen molar-refractivity contribution in [1.29, 1.82) is 0 Å². The number of carbonyl (C=O) groups is 1. The van der Waals surface area contributed by atoms with E-state index in [0.29, 0.717) is 6.42 Å². The molecule has 2 fully saturated rings. The lowest BCUT2D eigenvalue weighted by Gasteiger charge is -2.63. The van der Waals surface area contributed by atoms with E-state index in [9.17, 15) is 4.79 Å². The van der Waals surface area contributed by atoms with Crippen molar-refractivity contribution in [2.75, 3.05) is 20.8 Å². The molecule has 1 N–H and O–H groups in total. The van der Waals surface area contributed by atoms with Crippen LogP contribution in [0.25, 0.3) is 0 Å². The van der Waals surface area contributed by atoms with Gasteiger partial charge in [0, 0.05) is 25.1 Å². The van der Waals surface area contributed by atoms with Gasteiger partial charge in [-0.2, -0.15) is 0 Å². The zero-order valence-corrected chi connectivity index (χ0v) is 14.3. The predicted molar refractivity (Wildman–Crippen MR) is 87.7 cm³/mol. The smallest absolute Gasteiger partial charge is 0.174 e. The van der Waals surface area contributed by atoms with E-state index >= 15 is 0 Å². The third-order valence-electron chi connectivity index (χ3n) is 6.98. The molecule has 5 nitrogen and oxygen atoms in total. The van der Waals surface area contributed by atoms with Crippen LogP contribution in [-0.4, -0.2) is 44.3 Å². The number of benzene rings is 1. The van der Waals surface area contributed by atoms with Gasteiger partial charge in [-0.1, -0.05) is 13.0 Å². The van der Waals surface area contributed by atoms with Gasteiger partial charge in [0.25, 0.3) is 0 Å². The van der Waals surface area contributed by atoms with E-state index in [-0.39, 0.29) is 17.7 Å². The number of ether oxygens (including phenoxy) is 3. The lowest BCUT2D eigenvalue weighted by molar-refractivity contribution is -0.198. The molecule has 1 spiro atoms. The molecule has 2 aliphatic carbocycles. The van der Waals surface area contributed by atoms with Gasteiger partial charge in [-0.25, -0.2) is 0 Å². The molecule has 24 heavy (non-hydrogen) atoms. The SMILES string of the molecule is COc1ccc2c3c1O[C@H]1C(=O)C[C@@H](C)C4(OC)[C@@H](C2)NCC[C@]314. The standard InChI is InChI=1S/C19H23NO4/c1-10-8-12(21)17-18-6-7-20-14(19(10,18)23-3)9-11-4-5-13(22-2)16(24-17)15(11)18/h4-5,10,14,17,20H,6-9H2,1-3H3/t10-,14-,17+,18+,19?/m1/s1. The van der Waals surface area contributed by atoms with Crippen LogP contribution in [0, 0.1) is 5.92 Å². The maximum atomic E-state index is 12.9. The molecular formula is C19H23NO4. The first-order valence-corrected chi connectivity index (χ1v) is 8.78. The minimum atomic E-state index is -0.455. The summed E-state index contributed by atoms with van der Waals surface area (Å²) < 4.78 is 18.2. The lowest BCUT2D eigenvalue weighted by Crippen LogP contribution is -2.79. The number of hydrogen-bond donors (Lipinski definition) is 1. The summed E-state index contributed by atoms with van der Waals surface area (Å²) in [6.07, 6.45) is 1.80. The second-order valence-corrected chi connectivity index (χ2v) is 7.63. The maximum Gasteiger partial charge on any atom is 0.174 e. The Morgan fingerprint density at radius 1 is 1.29 bits per heavy atom. The van der Waals surface area contributed by atoms with E-state index in [1.807, 2.05) is 6.07 Å². The van der Waals surface area contributed by atoms with Crippen molar-refractivity contribution in [2.24, 2.45) is 5.92 Å². The highest BCUT2D eigenvalue weighted by molar-refractivity contribution is 5.90. The Hall–Kier alpha value is -1.59. The lowest BCUT2D eigenvalue weighted by atomic mass is 9.46. The van der Waals surface area contributed by atoms with E-state index in [2.05, 4.69) is 18.3 Å². The van der Waals surface area contributed by atoms with E-state index in [1.54, 1.807) is 14.2 Å². The van der Waals surface area contributed by atoms with Crippen molar-refractivity contribution in [3.8, 4) is 11.5 Å². The Balaban J connectivity index is 1.88. The minimum Gasteiger partial charge on any atom is -0.493 e. The molecule has 1 saturated carbocycles. The fourth-order valence-electron chi connectivity index (χ4n) is 6.30. The molecule has 4 aliphatic rings. The monoisotopic (exact) mass is 329 g/mol. The fraction of sp³-hybridized carbons (Fsp3) is 0.632. The van der Waals surface area contributed by atoms with Crippen LogP contribution < -0.4 is 14.8 Å². The van der Waals surface area contributed by atoms with Crippen molar-refractivity contribution >= 4 is 5.78 Å². The quantitative estimate of drug-likeness (QED) is 0.893. The molecule has 2 aliphatic heterocycles. The highest BCUT2D eigenvalue weighted by atomic mass is 16.5. The Labute approximate surface area is 141 Å². The molecule has 5 rings (SSSR count). The summed E-state index contributed by atoms with van der Waals surface area (Å²) >= 11 is 0. The number of methoxy groups -OCH3 is 2. The zero-order chi connectivity index (χ0) is 16.7. The van der Waals surface area contributed by atoms with Gasteiger partial charge in [-0.05, 0) is 36.9 Å². The van der Waals surface area contributed by atoms with E-state index in [4.69, 9.17) is 14.2 Å². The molecule has 5 heteroatoms. The van der Waals surface area contributed by atoms with E-state index < -0.39 is 17.1 Å². The molecule has 5 atom stereocenters. The summed E-state index contributed by atoms with van der Waals surface area (Å²) in [4.78, 5) is 12.9. The van der Waals surface area contributed by atoms with Crippen LogP contribution in [0.4, 0.5) is 0 Å². The first kappa shape index (κ1) is 14.7. The van der Waals surface area contributed by atoms with Gasteiger partial charge < -0.3 is 19.5 Å². The number of ketones is 1. The number of rotatable bonds is 2. The highest BCUT2D eigenvalue weighted by Gasteiger charge is 2.74. The average Bonchev–Trinajstić information content (AvgIpc) is 2.91. The topological polar surface area (TPSA) is 56.8 Å². The number of carbonyl (C=O) groups excluding carboxylic acids is 1. The summed E-state index contributed by atoms with van der Waals surface area (Å²) in [6, 6.07) is 4.30. The van der Waals surface area contributed by atoms with Crippen molar-refractivity contribution in [3.05, 3.63) is 23.3 Å². The first-order valence-electron chi connectivity index (χ1n) is 8.78. The predicted octanol–water partition coefficient (Wildman–Crippen LogP) is 1.61. The second-order valence-electron chi connectivity index (χ2n) is 7.63. The third-order valence-corrected chi connectivity index (χ3v) is 6.98. The average molecular weight is 329 g/mol. The summed E-state index contributed by atoms with van der Waals surface area (Å²) in [5, 5.41) is 3.67. The Morgan fingerprint density at radius 3 is 2.88 bits per heavy atom. The summed E-state index contributed by atoms with van der Waals surface area (Å²) in [5.74, 6) is 1.84. The first-order chi connectivity index (χ1) is 11.6. The molecule has 0 aromatic heterocycles. The van der Waals surface area contributed by atoms with Gasteiger partial charge in [0.05, 0.1) is 12.5 Å².